The van der Waals surface area contributed by atoms with Crippen LogP contribution in [0.25, 0.3) is 0 Å². The Hall–Kier alpha value is -1.62. The van der Waals surface area contributed by atoms with Crippen molar-refractivity contribution >= 4 is 11.7 Å². The minimum atomic E-state index is -0.940. The highest BCUT2D eigenvalue weighted by Crippen LogP contribution is 2.24. The van der Waals surface area contributed by atoms with Crippen LogP contribution in [-0.4, -0.2) is 35.9 Å². The maximum atomic E-state index is 11.1. The van der Waals surface area contributed by atoms with E-state index in [9.17, 15) is 4.79 Å². The molecule has 0 saturated carbocycles. The van der Waals surface area contributed by atoms with E-state index in [1.165, 1.54) is 12.3 Å². The van der Waals surface area contributed by atoms with Crippen molar-refractivity contribution in [2.45, 2.75) is 25.5 Å². The second kappa shape index (κ2) is 5.14. The number of aromatic carboxylic acids is 1. The molecule has 1 aromatic heterocycles. The molecule has 1 aliphatic rings. The Morgan fingerprint density at radius 2 is 2.41 bits per heavy atom. The van der Waals surface area contributed by atoms with Crippen molar-refractivity contribution in [1.29, 1.82) is 0 Å². The van der Waals surface area contributed by atoms with Crippen LogP contribution in [-0.2, 0) is 4.74 Å². The molecule has 0 aromatic carbocycles. The number of rotatable bonds is 3. The van der Waals surface area contributed by atoms with Crippen molar-refractivity contribution in [3.63, 3.8) is 0 Å². The maximum absolute atomic E-state index is 11.1. The lowest BCUT2D eigenvalue weighted by Gasteiger charge is -2.33. The molecule has 0 amide bonds. The molecule has 2 rings (SSSR count). The summed E-state index contributed by atoms with van der Waals surface area (Å²) < 4.78 is 5.63. The molecule has 1 unspecified atom stereocenters. The Labute approximate surface area is 100 Å². The minimum absolute atomic E-state index is 0.0500. The van der Waals surface area contributed by atoms with Gasteiger partial charge in [-0.15, -0.1) is 0 Å². The average molecular weight is 236 g/mol. The molecule has 1 fully saturated rings. The molecule has 1 atom stereocenters. The van der Waals surface area contributed by atoms with Gasteiger partial charge in [0.25, 0.3) is 0 Å². The summed E-state index contributed by atoms with van der Waals surface area (Å²) in [5, 5.41) is 9.12. The molecule has 0 bridgehead atoms. The topological polar surface area (TPSA) is 62.7 Å². The molecular weight excluding hydrogens is 220 g/mol. The van der Waals surface area contributed by atoms with Gasteiger partial charge in [0, 0.05) is 19.9 Å². The number of anilines is 1. The van der Waals surface area contributed by atoms with Crippen molar-refractivity contribution in [3.05, 3.63) is 24.0 Å². The van der Waals surface area contributed by atoms with Gasteiger partial charge >= 0.3 is 5.97 Å². The zero-order valence-corrected chi connectivity index (χ0v) is 9.80. The molecule has 1 aromatic rings. The summed E-state index contributed by atoms with van der Waals surface area (Å²) in [6.45, 7) is 0.734. The Kier molecular flexibility index (Phi) is 3.58. The van der Waals surface area contributed by atoms with E-state index < -0.39 is 5.97 Å². The molecule has 5 nitrogen and oxygen atoms in total. The summed E-state index contributed by atoms with van der Waals surface area (Å²) in [7, 11) is 1.85. The predicted molar refractivity (Wildman–Crippen MR) is 63.2 cm³/mol. The first-order chi connectivity index (χ1) is 8.20. The number of carbonyl (C=O) groups is 1. The highest BCUT2D eigenvalue weighted by atomic mass is 16.5. The highest BCUT2D eigenvalue weighted by Gasteiger charge is 2.22. The highest BCUT2D eigenvalue weighted by molar-refractivity contribution is 5.94. The van der Waals surface area contributed by atoms with Gasteiger partial charge in [-0.05, 0) is 25.3 Å². The van der Waals surface area contributed by atoms with E-state index in [1.807, 2.05) is 11.9 Å². The summed E-state index contributed by atoms with van der Waals surface area (Å²) in [6, 6.07) is 1.51. The first-order valence-electron chi connectivity index (χ1n) is 5.72. The van der Waals surface area contributed by atoms with Crippen LogP contribution < -0.4 is 4.90 Å². The number of aromatic nitrogens is 1. The fourth-order valence-corrected chi connectivity index (χ4v) is 2.03. The summed E-state index contributed by atoms with van der Waals surface area (Å²) in [5.41, 5.74) is 0.864. The monoisotopic (exact) mass is 236 g/mol. The zero-order chi connectivity index (χ0) is 12.3. The van der Waals surface area contributed by atoms with Gasteiger partial charge in [-0.3, -0.25) is 4.98 Å². The van der Waals surface area contributed by atoms with Crippen LogP contribution in [0.5, 0.6) is 0 Å². The third kappa shape index (κ3) is 2.55. The predicted octanol–water partition coefficient (Wildman–Crippen LogP) is 1.74. The molecule has 1 aliphatic heterocycles. The Balaban J connectivity index is 2.23. The van der Waals surface area contributed by atoms with E-state index >= 15 is 0 Å². The van der Waals surface area contributed by atoms with Gasteiger partial charge in [-0.1, -0.05) is 0 Å². The van der Waals surface area contributed by atoms with Crippen molar-refractivity contribution in [3.8, 4) is 0 Å². The summed E-state index contributed by atoms with van der Waals surface area (Å²) >= 11 is 0. The quantitative estimate of drug-likeness (QED) is 0.866. The van der Waals surface area contributed by atoms with Gasteiger partial charge in [0.15, 0.2) is 0 Å². The van der Waals surface area contributed by atoms with Gasteiger partial charge in [0.2, 0.25) is 0 Å². The van der Waals surface area contributed by atoms with Gasteiger partial charge in [-0.2, -0.15) is 0 Å². The number of ether oxygens (including phenoxy) is 1. The summed E-state index contributed by atoms with van der Waals surface area (Å²) in [6.07, 6.45) is 6.11. The van der Waals surface area contributed by atoms with E-state index in [0.29, 0.717) is 5.69 Å². The minimum Gasteiger partial charge on any atom is -0.478 e. The van der Waals surface area contributed by atoms with Gasteiger partial charge in [-0.25, -0.2) is 4.79 Å². The first-order valence-corrected chi connectivity index (χ1v) is 5.72. The van der Waals surface area contributed by atoms with Gasteiger partial charge < -0.3 is 14.7 Å². The van der Waals surface area contributed by atoms with Crippen molar-refractivity contribution in [2.75, 3.05) is 18.6 Å². The number of carboxylic acid groups (broad SMARTS) is 1. The van der Waals surface area contributed by atoms with E-state index in [2.05, 4.69) is 4.98 Å². The molecule has 92 valence electrons. The molecule has 17 heavy (non-hydrogen) atoms. The van der Waals surface area contributed by atoms with Crippen LogP contribution >= 0.6 is 0 Å². The fraction of sp³-hybridized carbons (Fsp3) is 0.500. The molecule has 0 spiro atoms. The van der Waals surface area contributed by atoms with Crippen molar-refractivity contribution < 1.29 is 14.6 Å². The normalized spacial score (nSPS) is 19.9. The smallest absolute Gasteiger partial charge is 0.337 e. The molecule has 0 aliphatic carbocycles. The standard InChI is InChI=1S/C12H16N2O3/c1-14(11-4-2-3-7-17-11)10-8-13-6-5-9(10)12(15)16/h5-6,8,11H,2-4,7H2,1H3,(H,15,16). The molecule has 1 N–H and O–H groups in total. The average Bonchev–Trinajstić information content (AvgIpc) is 2.39. The molecule has 2 heterocycles. The number of hydrogen-bond acceptors (Lipinski definition) is 4. The van der Waals surface area contributed by atoms with Crippen LogP contribution in [0.4, 0.5) is 5.69 Å². The lowest BCUT2D eigenvalue weighted by Crippen LogP contribution is -2.37. The summed E-state index contributed by atoms with van der Waals surface area (Å²) in [4.78, 5) is 17.0. The third-order valence-electron chi connectivity index (χ3n) is 3.00. The largest absolute Gasteiger partial charge is 0.478 e. The van der Waals surface area contributed by atoms with Crippen LogP contribution in [0.15, 0.2) is 18.5 Å². The third-order valence-corrected chi connectivity index (χ3v) is 3.00. The van der Waals surface area contributed by atoms with Crippen LogP contribution in [0.1, 0.15) is 29.6 Å². The van der Waals surface area contributed by atoms with Crippen LogP contribution in [0, 0.1) is 0 Å². The Morgan fingerprint density at radius 3 is 3.06 bits per heavy atom. The van der Waals surface area contributed by atoms with Crippen molar-refractivity contribution in [2.24, 2.45) is 0 Å². The van der Waals surface area contributed by atoms with Gasteiger partial charge in [0.05, 0.1) is 17.4 Å². The van der Waals surface area contributed by atoms with Crippen LogP contribution in [0.3, 0.4) is 0 Å². The van der Waals surface area contributed by atoms with E-state index in [4.69, 9.17) is 9.84 Å². The van der Waals surface area contributed by atoms with Crippen molar-refractivity contribution in [1.82, 2.24) is 4.98 Å². The summed E-state index contributed by atoms with van der Waals surface area (Å²) in [5.74, 6) is -0.940. The number of nitrogens with zero attached hydrogens (tertiary/aromatic N) is 2. The Morgan fingerprint density at radius 1 is 1.59 bits per heavy atom. The Bertz CT molecular complexity index is 402. The second-order valence-electron chi connectivity index (χ2n) is 4.13. The lowest BCUT2D eigenvalue weighted by atomic mass is 10.1. The van der Waals surface area contributed by atoms with Gasteiger partial charge in [0.1, 0.15) is 6.23 Å². The lowest BCUT2D eigenvalue weighted by molar-refractivity contribution is 0.0172. The molecule has 0 radical (unpaired) electrons. The van der Waals surface area contributed by atoms with E-state index in [-0.39, 0.29) is 11.8 Å². The van der Waals surface area contributed by atoms with Crippen LogP contribution in [0.2, 0.25) is 0 Å². The molecular formula is C12H16N2O3. The fourth-order valence-electron chi connectivity index (χ4n) is 2.03. The molecule has 5 heteroatoms. The first kappa shape index (κ1) is 11.9. The van der Waals surface area contributed by atoms with E-state index in [0.717, 1.165) is 25.9 Å². The SMILES string of the molecule is CN(c1cnccc1C(=O)O)C1CCCCO1. The van der Waals surface area contributed by atoms with E-state index in [1.54, 1.807) is 6.20 Å². The maximum Gasteiger partial charge on any atom is 0.337 e. The second-order valence-corrected chi connectivity index (χ2v) is 4.13. The molecule has 1 saturated heterocycles. The zero-order valence-electron chi connectivity index (χ0n) is 9.80. The number of carboxylic acids is 1. The number of pyridine rings is 1. The number of hydrogen-bond donors (Lipinski definition) is 1.